The zero-order valence-corrected chi connectivity index (χ0v) is 10.4. The molecule has 0 unspecified atom stereocenters. The second-order valence-electron chi connectivity index (χ2n) is 4.35. The Hall–Kier alpha value is -2.95. The van der Waals surface area contributed by atoms with Crippen molar-refractivity contribution in [2.75, 3.05) is 0 Å². The van der Waals surface area contributed by atoms with Crippen LogP contribution in [0.5, 0.6) is 0 Å². The van der Waals surface area contributed by atoms with E-state index >= 15 is 0 Å². The molecular weight excluding hydrogens is 256 g/mol. The standard InChI is InChI=1S/C15H10N2O3/c18-15(11-4-3-6-13(10-11)17(19)20)14-8-7-12-5-1-2-9-16(12)14/h1-10H. The van der Waals surface area contributed by atoms with E-state index in [-0.39, 0.29) is 11.5 Å². The first-order valence-electron chi connectivity index (χ1n) is 6.02. The van der Waals surface area contributed by atoms with E-state index in [0.717, 1.165) is 5.52 Å². The van der Waals surface area contributed by atoms with Crippen molar-refractivity contribution in [3.05, 3.63) is 82.2 Å². The van der Waals surface area contributed by atoms with Crippen LogP contribution in [0.4, 0.5) is 5.69 Å². The van der Waals surface area contributed by atoms with Gasteiger partial charge in [-0.05, 0) is 24.3 Å². The zero-order valence-electron chi connectivity index (χ0n) is 10.4. The quantitative estimate of drug-likeness (QED) is 0.415. The van der Waals surface area contributed by atoms with E-state index in [0.29, 0.717) is 11.3 Å². The van der Waals surface area contributed by atoms with Gasteiger partial charge in [0, 0.05) is 29.4 Å². The van der Waals surface area contributed by atoms with Crippen LogP contribution in [-0.4, -0.2) is 15.1 Å². The minimum atomic E-state index is -0.507. The van der Waals surface area contributed by atoms with Crippen molar-refractivity contribution in [3.8, 4) is 0 Å². The predicted octanol–water partition coefficient (Wildman–Crippen LogP) is 3.08. The molecule has 0 saturated heterocycles. The monoisotopic (exact) mass is 266 g/mol. The van der Waals surface area contributed by atoms with E-state index in [1.165, 1.54) is 18.2 Å². The Morgan fingerprint density at radius 2 is 1.90 bits per heavy atom. The summed E-state index contributed by atoms with van der Waals surface area (Å²) in [7, 11) is 0. The minimum absolute atomic E-state index is 0.0864. The van der Waals surface area contributed by atoms with Gasteiger partial charge in [-0.1, -0.05) is 18.2 Å². The average molecular weight is 266 g/mol. The SMILES string of the molecule is O=C(c1cccc([N+](=O)[O-])c1)c1ccc2ccccn12. The van der Waals surface area contributed by atoms with Gasteiger partial charge in [0.1, 0.15) is 0 Å². The first kappa shape index (κ1) is 12.1. The molecule has 0 radical (unpaired) electrons. The van der Waals surface area contributed by atoms with Gasteiger partial charge in [-0.25, -0.2) is 0 Å². The normalized spacial score (nSPS) is 10.6. The molecule has 2 aromatic heterocycles. The summed E-state index contributed by atoms with van der Waals surface area (Å²) in [5, 5.41) is 10.8. The van der Waals surface area contributed by atoms with Crippen LogP contribution >= 0.6 is 0 Å². The molecule has 0 aliphatic heterocycles. The van der Waals surface area contributed by atoms with Gasteiger partial charge in [0.25, 0.3) is 5.69 Å². The van der Waals surface area contributed by atoms with Gasteiger partial charge in [0.15, 0.2) is 0 Å². The number of fused-ring (bicyclic) bond motifs is 1. The number of nitro benzene ring substituents is 1. The number of benzene rings is 1. The number of pyridine rings is 1. The Bertz CT molecular complexity index is 821. The topological polar surface area (TPSA) is 64.6 Å². The van der Waals surface area contributed by atoms with Crippen LogP contribution in [0.3, 0.4) is 0 Å². The highest BCUT2D eigenvalue weighted by molar-refractivity contribution is 6.08. The van der Waals surface area contributed by atoms with Gasteiger partial charge in [0.05, 0.1) is 10.6 Å². The Morgan fingerprint density at radius 3 is 2.70 bits per heavy atom. The third kappa shape index (κ3) is 1.95. The number of rotatable bonds is 3. The summed E-state index contributed by atoms with van der Waals surface area (Å²) in [6.07, 6.45) is 1.79. The van der Waals surface area contributed by atoms with Crippen molar-refractivity contribution < 1.29 is 9.72 Å². The lowest BCUT2D eigenvalue weighted by Crippen LogP contribution is -2.05. The van der Waals surface area contributed by atoms with Crippen molar-refractivity contribution in [3.63, 3.8) is 0 Å². The van der Waals surface area contributed by atoms with E-state index in [1.807, 2.05) is 24.3 Å². The molecule has 3 aromatic rings. The summed E-state index contributed by atoms with van der Waals surface area (Å²) in [6, 6.07) is 14.9. The number of nitro groups is 1. The van der Waals surface area contributed by atoms with Crippen LogP contribution in [0, 0.1) is 10.1 Å². The van der Waals surface area contributed by atoms with Crippen molar-refractivity contribution in [2.24, 2.45) is 0 Å². The maximum atomic E-state index is 12.5. The molecule has 3 rings (SSSR count). The fourth-order valence-corrected chi connectivity index (χ4v) is 2.15. The third-order valence-electron chi connectivity index (χ3n) is 3.11. The van der Waals surface area contributed by atoms with Crippen molar-refractivity contribution in [2.45, 2.75) is 0 Å². The number of hydrogen-bond donors (Lipinski definition) is 0. The second kappa shape index (κ2) is 4.62. The number of carbonyl (C=O) groups is 1. The summed E-state index contributed by atoms with van der Waals surface area (Å²) >= 11 is 0. The Morgan fingerprint density at radius 1 is 1.05 bits per heavy atom. The molecule has 1 aromatic carbocycles. The molecule has 0 saturated carbocycles. The van der Waals surface area contributed by atoms with Crippen molar-refractivity contribution in [1.29, 1.82) is 0 Å². The maximum Gasteiger partial charge on any atom is 0.270 e. The first-order valence-corrected chi connectivity index (χ1v) is 6.02. The summed E-state index contributed by atoms with van der Waals surface area (Å²) in [5.41, 5.74) is 1.61. The van der Waals surface area contributed by atoms with Gasteiger partial charge >= 0.3 is 0 Å². The lowest BCUT2D eigenvalue weighted by molar-refractivity contribution is -0.384. The minimum Gasteiger partial charge on any atom is -0.314 e. The van der Waals surface area contributed by atoms with Crippen molar-refractivity contribution >= 4 is 17.0 Å². The Kier molecular flexibility index (Phi) is 2.80. The van der Waals surface area contributed by atoms with Gasteiger partial charge in [-0.15, -0.1) is 0 Å². The highest BCUT2D eigenvalue weighted by Gasteiger charge is 2.15. The summed E-state index contributed by atoms with van der Waals surface area (Å²) in [5.74, 6) is -0.236. The molecule has 0 spiro atoms. The van der Waals surface area contributed by atoms with Crippen LogP contribution in [0.2, 0.25) is 0 Å². The largest absolute Gasteiger partial charge is 0.314 e. The molecule has 0 aliphatic carbocycles. The van der Waals surface area contributed by atoms with E-state index in [4.69, 9.17) is 0 Å². The molecule has 0 fully saturated rings. The highest BCUT2D eigenvalue weighted by atomic mass is 16.6. The third-order valence-corrected chi connectivity index (χ3v) is 3.11. The Labute approximate surface area is 114 Å². The van der Waals surface area contributed by atoms with Gasteiger partial charge in [-0.2, -0.15) is 0 Å². The molecule has 20 heavy (non-hydrogen) atoms. The smallest absolute Gasteiger partial charge is 0.270 e. The molecule has 0 bridgehead atoms. The van der Waals surface area contributed by atoms with Crippen LogP contribution in [0.15, 0.2) is 60.8 Å². The molecule has 5 heteroatoms. The van der Waals surface area contributed by atoms with Crippen LogP contribution in [0.25, 0.3) is 5.52 Å². The number of carbonyl (C=O) groups excluding carboxylic acids is 1. The molecule has 98 valence electrons. The fraction of sp³-hybridized carbons (Fsp3) is 0. The fourth-order valence-electron chi connectivity index (χ4n) is 2.15. The van der Waals surface area contributed by atoms with E-state index in [1.54, 1.807) is 22.7 Å². The molecule has 0 atom stereocenters. The van der Waals surface area contributed by atoms with Crippen molar-refractivity contribution in [1.82, 2.24) is 4.40 Å². The summed E-state index contributed by atoms with van der Waals surface area (Å²) in [4.78, 5) is 22.7. The van der Waals surface area contributed by atoms with Crippen LogP contribution in [-0.2, 0) is 0 Å². The van der Waals surface area contributed by atoms with E-state index in [9.17, 15) is 14.9 Å². The molecular formula is C15H10N2O3. The molecule has 5 nitrogen and oxygen atoms in total. The van der Waals surface area contributed by atoms with Gasteiger partial charge in [-0.3, -0.25) is 14.9 Å². The number of nitrogens with zero attached hydrogens (tertiary/aromatic N) is 2. The zero-order chi connectivity index (χ0) is 14.1. The summed E-state index contributed by atoms with van der Waals surface area (Å²) < 4.78 is 1.77. The van der Waals surface area contributed by atoms with Gasteiger partial charge in [0.2, 0.25) is 5.78 Å². The molecule has 2 heterocycles. The predicted molar refractivity (Wildman–Crippen MR) is 73.9 cm³/mol. The maximum absolute atomic E-state index is 12.5. The van der Waals surface area contributed by atoms with Crippen LogP contribution < -0.4 is 0 Å². The lowest BCUT2D eigenvalue weighted by atomic mass is 10.1. The number of hydrogen-bond acceptors (Lipinski definition) is 3. The summed E-state index contributed by atoms with van der Waals surface area (Å²) in [6.45, 7) is 0. The molecule has 0 N–H and O–H groups in total. The number of non-ortho nitro benzene ring substituents is 1. The molecule has 0 amide bonds. The highest BCUT2D eigenvalue weighted by Crippen LogP contribution is 2.18. The van der Waals surface area contributed by atoms with Crippen LogP contribution in [0.1, 0.15) is 16.1 Å². The Balaban J connectivity index is 2.08. The lowest BCUT2D eigenvalue weighted by Gasteiger charge is -2.02. The van der Waals surface area contributed by atoms with E-state index < -0.39 is 4.92 Å². The second-order valence-corrected chi connectivity index (χ2v) is 4.35. The number of aromatic nitrogens is 1. The first-order chi connectivity index (χ1) is 9.66. The molecule has 0 aliphatic rings. The van der Waals surface area contributed by atoms with E-state index in [2.05, 4.69) is 0 Å². The average Bonchev–Trinajstić information content (AvgIpc) is 2.90. The van der Waals surface area contributed by atoms with Gasteiger partial charge < -0.3 is 4.40 Å². The number of ketones is 1.